The van der Waals surface area contributed by atoms with Crippen molar-refractivity contribution in [3.63, 3.8) is 0 Å². The summed E-state index contributed by atoms with van der Waals surface area (Å²) in [6.45, 7) is 1.37. The highest BCUT2D eigenvalue weighted by atomic mass is 16.5. The molecule has 3 fully saturated rings. The van der Waals surface area contributed by atoms with Crippen LogP contribution in [0.3, 0.4) is 0 Å². The minimum Gasteiger partial charge on any atom is -0.454 e. The molecule has 0 spiro atoms. The van der Waals surface area contributed by atoms with E-state index in [2.05, 4.69) is 5.32 Å². The lowest BCUT2D eigenvalue weighted by molar-refractivity contribution is -0.160. The van der Waals surface area contributed by atoms with E-state index >= 15 is 0 Å². The number of carbonyl (C=O) groups excluding carboxylic acids is 4. The lowest BCUT2D eigenvalue weighted by Gasteiger charge is -2.26. The van der Waals surface area contributed by atoms with Gasteiger partial charge in [0.05, 0.1) is 17.9 Å². The van der Waals surface area contributed by atoms with Crippen LogP contribution in [0.4, 0.5) is 0 Å². The molecule has 0 aromatic heterocycles. The summed E-state index contributed by atoms with van der Waals surface area (Å²) in [6, 6.07) is 17.4. The zero-order chi connectivity index (χ0) is 24.5. The summed E-state index contributed by atoms with van der Waals surface area (Å²) in [5.74, 6) is -1.87. The molecule has 2 bridgehead atoms. The minimum absolute atomic E-state index is 0.161. The largest absolute Gasteiger partial charge is 0.454 e. The van der Waals surface area contributed by atoms with Crippen LogP contribution in [0.1, 0.15) is 43.4 Å². The zero-order valence-corrected chi connectivity index (χ0v) is 19.8. The molecule has 1 saturated heterocycles. The maximum absolute atomic E-state index is 13.4. The summed E-state index contributed by atoms with van der Waals surface area (Å²) in [5.41, 5.74) is 1.75. The van der Waals surface area contributed by atoms with Crippen LogP contribution in [0.2, 0.25) is 0 Å². The number of amides is 3. The van der Waals surface area contributed by atoms with Gasteiger partial charge < -0.3 is 10.1 Å². The first-order valence-corrected chi connectivity index (χ1v) is 12.4. The molecular formula is C28H30N2O5. The number of rotatable bonds is 8. The molecule has 182 valence electrons. The monoisotopic (exact) mass is 474 g/mol. The van der Waals surface area contributed by atoms with Crippen molar-refractivity contribution < 1.29 is 23.9 Å². The van der Waals surface area contributed by atoms with E-state index in [1.54, 1.807) is 0 Å². The average Bonchev–Trinajstić information content (AvgIpc) is 3.56. The molecule has 1 heterocycles. The van der Waals surface area contributed by atoms with Gasteiger partial charge in [0.25, 0.3) is 5.91 Å². The maximum Gasteiger partial charge on any atom is 0.330 e. The quantitative estimate of drug-likeness (QED) is 0.469. The van der Waals surface area contributed by atoms with Crippen LogP contribution in [0, 0.1) is 23.7 Å². The molecule has 6 atom stereocenters. The summed E-state index contributed by atoms with van der Waals surface area (Å²) in [7, 11) is 0. The molecule has 2 aliphatic carbocycles. The molecule has 0 unspecified atom stereocenters. The molecule has 2 aromatic carbocycles. The Hall–Kier alpha value is -3.48. The van der Waals surface area contributed by atoms with Crippen molar-refractivity contribution in [2.75, 3.05) is 6.61 Å². The van der Waals surface area contributed by atoms with E-state index in [-0.39, 0.29) is 47.9 Å². The molecule has 1 aliphatic heterocycles. The Morgan fingerprint density at radius 3 is 2.11 bits per heavy atom. The van der Waals surface area contributed by atoms with Gasteiger partial charge in [-0.25, -0.2) is 4.79 Å². The molecule has 2 aromatic rings. The van der Waals surface area contributed by atoms with Gasteiger partial charge in [0.2, 0.25) is 11.8 Å². The number of esters is 1. The smallest absolute Gasteiger partial charge is 0.330 e. The summed E-state index contributed by atoms with van der Waals surface area (Å²) < 4.78 is 5.38. The molecule has 1 N–H and O–H groups in total. The predicted octanol–water partition coefficient (Wildman–Crippen LogP) is 3.05. The van der Waals surface area contributed by atoms with Gasteiger partial charge in [0, 0.05) is 6.42 Å². The number of carbonyl (C=O) groups is 4. The van der Waals surface area contributed by atoms with Gasteiger partial charge in [-0.3, -0.25) is 19.3 Å². The first-order valence-electron chi connectivity index (χ1n) is 12.4. The van der Waals surface area contributed by atoms with E-state index in [0.29, 0.717) is 0 Å². The van der Waals surface area contributed by atoms with Crippen LogP contribution in [-0.2, 0) is 30.3 Å². The minimum atomic E-state index is -1.08. The van der Waals surface area contributed by atoms with Gasteiger partial charge in [-0.15, -0.1) is 0 Å². The molecule has 3 amide bonds. The average molecular weight is 475 g/mol. The third-order valence-corrected chi connectivity index (χ3v) is 7.84. The van der Waals surface area contributed by atoms with Crippen LogP contribution >= 0.6 is 0 Å². The van der Waals surface area contributed by atoms with E-state index in [4.69, 9.17) is 4.74 Å². The first kappa shape index (κ1) is 23.3. The van der Waals surface area contributed by atoms with Gasteiger partial charge in [-0.05, 0) is 49.1 Å². The van der Waals surface area contributed by atoms with E-state index in [9.17, 15) is 19.2 Å². The Morgan fingerprint density at radius 1 is 0.943 bits per heavy atom. The van der Waals surface area contributed by atoms with Gasteiger partial charge in [0.1, 0.15) is 6.04 Å². The van der Waals surface area contributed by atoms with Crippen molar-refractivity contribution in [1.29, 1.82) is 0 Å². The van der Waals surface area contributed by atoms with E-state index in [1.165, 1.54) is 0 Å². The highest BCUT2D eigenvalue weighted by Crippen LogP contribution is 2.56. The Kier molecular flexibility index (Phi) is 6.41. The van der Waals surface area contributed by atoms with Gasteiger partial charge in [0.15, 0.2) is 6.61 Å². The summed E-state index contributed by atoms with van der Waals surface area (Å²) in [5, 5.41) is 2.82. The number of fused-ring (bicyclic) bond motifs is 5. The van der Waals surface area contributed by atoms with Crippen LogP contribution in [0.5, 0.6) is 0 Å². The fourth-order valence-electron chi connectivity index (χ4n) is 6.20. The Bertz CT molecular complexity index is 1090. The third-order valence-electron chi connectivity index (χ3n) is 7.84. The van der Waals surface area contributed by atoms with Crippen molar-refractivity contribution in [3.8, 4) is 0 Å². The lowest BCUT2D eigenvalue weighted by atomic mass is 9.81. The van der Waals surface area contributed by atoms with Crippen molar-refractivity contribution in [2.24, 2.45) is 23.7 Å². The Morgan fingerprint density at radius 2 is 1.51 bits per heavy atom. The van der Waals surface area contributed by atoms with Crippen molar-refractivity contribution >= 4 is 23.7 Å². The van der Waals surface area contributed by atoms with Crippen LogP contribution in [-0.4, -0.2) is 41.2 Å². The maximum atomic E-state index is 13.4. The number of likely N-dealkylation sites (tertiary alicyclic amines) is 1. The van der Waals surface area contributed by atoms with Crippen LogP contribution in [0.15, 0.2) is 60.7 Å². The SMILES string of the molecule is C[C@H](NC(=O)COC(=O)[C@@H](Cc1ccccc1)N1C(=O)[C@@H]2[C@H]3CC[C@@H](C3)[C@@H]2C1=O)c1ccccc1. The second-order valence-electron chi connectivity index (χ2n) is 9.94. The molecular weight excluding hydrogens is 444 g/mol. The normalized spacial score (nSPS) is 26.4. The lowest BCUT2D eigenvalue weighted by Crippen LogP contribution is -2.48. The molecule has 0 radical (unpaired) electrons. The first-order chi connectivity index (χ1) is 16.9. The molecule has 7 heteroatoms. The number of nitrogens with zero attached hydrogens (tertiary/aromatic N) is 1. The summed E-state index contributed by atoms with van der Waals surface area (Å²) in [4.78, 5) is 53.6. The second kappa shape index (κ2) is 9.64. The Labute approximate surface area is 204 Å². The summed E-state index contributed by atoms with van der Waals surface area (Å²) >= 11 is 0. The van der Waals surface area contributed by atoms with Crippen LogP contribution in [0.25, 0.3) is 0 Å². The highest BCUT2D eigenvalue weighted by Gasteiger charge is 2.62. The predicted molar refractivity (Wildman–Crippen MR) is 128 cm³/mol. The topological polar surface area (TPSA) is 92.8 Å². The van der Waals surface area contributed by atoms with E-state index < -0.39 is 24.5 Å². The van der Waals surface area contributed by atoms with Gasteiger partial charge >= 0.3 is 5.97 Å². The molecule has 3 aliphatic rings. The number of benzene rings is 2. The number of hydrogen-bond acceptors (Lipinski definition) is 5. The number of imide groups is 1. The van der Waals surface area contributed by atoms with Crippen molar-refractivity contribution in [2.45, 2.75) is 44.7 Å². The molecule has 2 saturated carbocycles. The number of hydrogen-bond donors (Lipinski definition) is 1. The van der Waals surface area contributed by atoms with Crippen LogP contribution < -0.4 is 5.32 Å². The van der Waals surface area contributed by atoms with Crippen molar-refractivity contribution in [3.05, 3.63) is 71.8 Å². The van der Waals surface area contributed by atoms with Gasteiger partial charge in [-0.2, -0.15) is 0 Å². The molecule has 5 rings (SSSR count). The van der Waals surface area contributed by atoms with Gasteiger partial charge in [-0.1, -0.05) is 60.7 Å². The molecule has 7 nitrogen and oxygen atoms in total. The third kappa shape index (κ3) is 4.47. The van der Waals surface area contributed by atoms with E-state index in [1.807, 2.05) is 67.6 Å². The Balaban J connectivity index is 1.29. The standard InChI is InChI=1S/C28H30N2O5/c1-17(19-10-6-3-7-11-19)29-23(31)16-35-28(34)22(14-18-8-4-2-5-9-18)30-26(32)24-20-12-13-21(15-20)25(24)27(30)33/h2-11,17,20-22,24-25H,12-16H2,1H3,(H,29,31)/t17-,20-,21-,22+,24-,25+/m0/s1. The number of ether oxygens (including phenoxy) is 1. The second-order valence-corrected chi connectivity index (χ2v) is 9.94. The highest BCUT2D eigenvalue weighted by molar-refractivity contribution is 6.08. The summed E-state index contributed by atoms with van der Waals surface area (Å²) in [6.07, 6.45) is 3.01. The number of nitrogens with one attached hydrogen (secondary N) is 1. The fraction of sp³-hybridized carbons (Fsp3) is 0.429. The fourth-order valence-corrected chi connectivity index (χ4v) is 6.20. The molecule has 35 heavy (non-hydrogen) atoms. The van der Waals surface area contributed by atoms with E-state index in [0.717, 1.165) is 35.3 Å². The van der Waals surface area contributed by atoms with Crippen molar-refractivity contribution in [1.82, 2.24) is 10.2 Å². The zero-order valence-electron chi connectivity index (χ0n) is 19.8.